The van der Waals surface area contributed by atoms with Gasteiger partial charge in [0.2, 0.25) is 5.91 Å². The fraction of sp³-hybridized carbons (Fsp3) is 0.308. The van der Waals surface area contributed by atoms with Gasteiger partial charge in [0.15, 0.2) is 0 Å². The predicted octanol–water partition coefficient (Wildman–Crippen LogP) is 3.58. The molecule has 0 N–H and O–H groups in total. The molecule has 0 bridgehead atoms. The Bertz CT molecular complexity index is 1280. The van der Waals surface area contributed by atoms with Crippen LogP contribution in [0.5, 0.6) is 0 Å². The Kier molecular flexibility index (Phi) is 8.41. The lowest BCUT2D eigenvalue weighted by molar-refractivity contribution is -0.384. The highest BCUT2D eigenvalue weighted by molar-refractivity contribution is 7.89. The van der Waals surface area contributed by atoms with Gasteiger partial charge in [-0.2, -0.15) is 0 Å². The molecule has 0 aliphatic carbocycles. The Hall–Kier alpha value is -3.79. The fourth-order valence-electron chi connectivity index (χ4n) is 4.06. The second kappa shape index (κ2) is 11.3. The molecule has 0 saturated heterocycles. The molecule has 0 spiro atoms. The first-order valence-corrected chi connectivity index (χ1v) is 12.8. The van der Waals surface area contributed by atoms with Gasteiger partial charge in [0.05, 0.1) is 9.82 Å². The van der Waals surface area contributed by atoms with E-state index in [9.17, 15) is 28.1 Å². The Morgan fingerprint density at radius 2 is 1.81 bits per heavy atom. The van der Waals surface area contributed by atoms with Gasteiger partial charge in [-0.3, -0.25) is 19.7 Å². The van der Waals surface area contributed by atoms with Crippen molar-refractivity contribution in [1.82, 2.24) is 9.21 Å². The zero-order valence-electron chi connectivity index (χ0n) is 20.4. The van der Waals surface area contributed by atoms with E-state index in [4.69, 9.17) is 0 Å². The lowest BCUT2D eigenvalue weighted by Crippen LogP contribution is -2.45. The van der Waals surface area contributed by atoms with Crippen molar-refractivity contribution in [3.05, 3.63) is 94.1 Å². The van der Waals surface area contributed by atoms with Crippen LogP contribution < -0.4 is 0 Å². The van der Waals surface area contributed by atoms with Crippen molar-refractivity contribution in [2.75, 3.05) is 20.6 Å². The molecule has 36 heavy (non-hydrogen) atoms. The summed E-state index contributed by atoms with van der Waals surface area (Å²) >= 11 is 0. The molecule has 1 heterocycles. The van der Waals surface area contributed by atoms with Gasteiger partial charge in [0, 0.05) is 51.2 Å². The number of carbonyl (C=O) groups is 2. The number of hydrogen-bond donors (Lipinski definition) is 0. The lowest BCUT2D eigenvalue weighted by Gasteiger charge is -2.35. The summed E-state index contributed by atoms with van der Waals surface area (Å²) in [6.07, 6.45) is 5.96. The number of allylic oxidation sites excluding steroid dienone is 2. The third kappa shape index (κ3) is 6.25. The monoisotopic (exact) mass is 511 g/mol. The van der Waals surface area contributed by atoms with Gasteiger partial charge < -0.3 is 4.90 Å². The summed E-state index contributed by atoms with van der Waals surface area (Å²) in [5.74, 6) is -1.55. The van der Waals surface area contributed by atoms with Crippen molar-refractivity contribution in [2.24, 2.45) is 11.8 Å². The van der Waals surface area contributed by atoms with Crippen LogP contribution >= 0.6 is 0 Å². The molecule has 2 amide bonds. The van der Waals surface area contributed by atoms with Crippen molar-refractivity contribution in [3.63, 3.8) is 0 Å². The Balaban J connectivity index is 1.91. The largest absolute Gasteiger partial charge is 0.349 e. The Morgan fingerprint density at radius 3 is 2.39 bits per heavy atom. The SMILES string of the molecule is CC1=CC(=O)N(S(=O)(=O)c2ccc([N+](=O)[O-])cc2)CC1[C@@H](/C=C/Cc1ccccc1)CC(=O)N(C)C. The van der Waals surface area contributed by atoms with Crippen LogP contribution in [0.4, 0.5) is 5.69 Å². The van der Waals surface area contributed by atoms with Crippen LogP contribution in [0.2, 0.25) is 0 Å². The first-order valence-electron chi connectivity index (χ1n) is 11.4. The maximum Gasteiger partial charge on any atom is 0.269 e. The average molecular weight is 512 g/mol. The number of non-ortho nitro benzene ring substituents is 1. The molecule has 2 aromatic carbocycles. The van der Waals surface area contributed by atoms with Gasteiger partial charge in [-0.15, -0.1) is 0 Å². The van der Waals surface area contributed by atoms with Gasteiger partial charge in [-0.05, 0) is 37.0 Å². The van der Waals surface area contributed by atoms with E-state index in [1.807, 2.05) is 42.5 Å². The van der Waals surface area contributed by atoms with Gasteiger partial charge in [0.1, 0.15) is 0 Å². The van der Waals surface area contributed by atoms with Crippen LogP contribution in [-0.4, -0.2) is 55.0 Å². The van der Waals surface area contributed by atoms with E-state index in [0.717, 1.165) is 34.1 Å². The molecule has 190 valence electrons. The zero-order chi connectivity index (χ0) is 26.5. The summed E-state index contributed by atoms with van der Waals surface area (Å²) in [6.45, 7) is 1.62. The van der Waals surface area contributed by atoms with Crippen molar-refractivity contribution in [2.45, 2.75) is 24.7 Å². The van der Waals surface area contributed by atoms with E-state index in [0.29, 0.717) is 12.0 Å². The summed E-state index contributed by atoms with van der Waals surface area (Å²) < 4.78 is 27.4. The van der Waals surface area contributed by atoms with Crippen LogP contribution in [0.1, 0.15) is 18.9 Å². The number of rotatable bonds is 9. The van der Waals surface area contributed by atoms with Crippen molar-refractivity contribution >= 4 is 27.5 Å². The van der Waals surface area contributed by atoms with Crippen LogP contribution in [0.3, 0.4) is 0 Å². The van der Waals surface area contributed by atoms with E-state index in [1.165, 1.54) is 11.0 Å². The number of nitro groups is 1. The van der Waals surface area contributed by atoms with Crippen molar-refractivity contribution in [3.8, 4) is 0 Å². The highest BCUT2D eigenvalue weighted by Gasteiger charge is 2.37. The normalized spacial score (nSPS) is 17.1. The highest BCUT2D eigenvalue weighted by atomic mass is 32.2. The minimum atomic E-state index is -4.25. The molecule has 1 unspecified atom stereocenters. The lowest BCUT2D eigenvalue weighted by atomic mass is 9.81. The van der Waals surface area contributed by atoms with Crippen LogP contribution in [0, 0.1) is 22.0 Å². The number of sulfonamides is 1. The van der Waals surface area contributed by atoms with Crippen LogP contribution in [0.15, 0.2) is 83.3 Å². The molecule has 1 aliphatic rings. The molecular weight excluding hydrogens is 482 g/mol. The zero-order valence-corrected chi connectivity index (χ0v) is 21.2. The van der Waals surface area contributed by atoms with E-state index < -0.39 is 26.8 Å². The summed E-state index contributed by atoms with van der Waals surface area (Å²) in [5, 5.41) is 10.9. The summed E-state index contributed by atoms with van der Waals surface area (Å²) in [6, 6.07) is 14.2. The molecule has 10 heteroatoms. The molecule has 0 fully saturated rings. The van der Waals surface area contributed by atoms with Crippen molar-refractivity contribution in [1.29, 1.82) is 0 Å². The summed E-state index contributed by atoms with van der Waals surface area (Å²) in [4.78, 5) is 36.9. The first kappa shape index (κ1) is 26.8. The van der Waals surface area contributed by atoms with Gasteiger partial charge in [-0.25, -0.2) is 12.7 Å². The summed E-state index contributed by atoms with van der Waals surface area (Å²) in [5.41, 5.74) is 1.54. The van der Waals surface area contributed by atoms with Gasteiger partial charge in [-0.1, -0.05) is 48.1 Å². The standard InChI is InChI=1S/C26H29N3O6S/c1-19-16-26(31)28(36(34,35)23-14-12-22(13-15-23)29(32)33)18-24(19)21(17-25(30)27(2)3)11-7-10-20-8-5-4-6-9-20/h4-9,11-16,21,24H,10,17-18H2,1-3H3/b11-7+/t21-,24?/m0/s1. The van der Waals surface area contributed by atoms with E-state index in [1.54, 1.807) is 21.0 Å². The first-order chi connectivity index (χ1) is 17.0. The number of nitro benzene ring substituents is 1. The quantitative estimate of drug-likeness (QED) is 0.288. The van der Waals surface area contributed by atoms with Crippen molar-refractivity contribution < 1.29 is 22.9 Å². The molecular formula is C26H29N3O6S. The van der Waals surface area contributed by atoms with E-state index in [-0.39, 0.29) is 35.4 Å². The maximum absolute atomic E-state index is 13.3. The average Bonchev–Trinajstić information content (AvgIpc) is 2.84. The molecule has 0 aromatic heterocycles. The van der Waals surface area contributed by atoms with E-state index >= 15 is 0 Å². The van der Waals surface area contributed by atoms with Gasteiger partial charge >= 0.3 is 0 Å². The predicted molar refractivity (Wildman–Crippen MR) is 135 cm³/mol. The van der Waals surface area contributed by atoms with Crippen LogP contribution in [-0.2, 0) is 26.0 Å². The number of carbonyl (C=O) groups excluding carboxylic acids is 2. The molecule has 0 saturated carbocycles. The van der Waals surface area contributed by atoms with E-state index in [2.05, 4.69) is 0 Å². The summed E-state index contributed by atoms with van der Waals surface area (Å²) in [7, 11) is -0.938. The number of amides is 2. The minimum absolute atomic E-state index is 0.112. The third-order valence-corrected chi connectivity index (χ3v) is 7.96. The molecule has 9 nitrogen and oxygen atoms in total. The topological polar surface area (TPSA) is 118 Å². The number of nitrogens with zero attached hydrogens (tertiary/aromatic N) is 3. The molecule has 2 atom stereocenters. The molecule has 0 radical (unpaired) electrons. The minimum Gasteiger partial charge on any atom is -0.349 e. The molecule has 1 aliphatic heterocycles. The second-order valence-corrected chi connectivity index (χ2v) is 10.8. The Labute approximate surface area is 210 Å². The molecule has 2 aromatic rings. The number of hydrogen-bond acceptors (Lipinski definition) is 6. The molecule has 3 rings (SSSR count). The fourth-order valence-corrected chi connectivity index (χ4v) is 5.45. The highest BCUT2D eigenvalue weighted by Crippen LogP contribution is 2.33. The second-order valence-electron chi connectivity index (χ2n) is 8.89. The number of benzene rings is 2. The maximum atomic E-state index is 13.3. The van der Waals surface area contributed by atoms with Crippen LogP contribution in [0.25, 0.3) is 0 Å². The van der Waals surface area contributed by atoms with Gasteiger partial charge in [0.25, 0.3) is 21.6 Å². The smallest absolute Gasteiger partial charge is 0.269 e. The third-order valence-electron chi connectivity index (χ3n) is 6.19. The Morgan fingerprint density at radius 1 is 1.17 bits per heavy atom.